The molecule has 6 nitrogen and oxygen atoms in total. The molecule has 0 radical (unpaired) electrons. The molecule has 4 saturated carbocycles. The van der Waals surface area contributed by atoms with Gasteiger partial charge in [-0.1, -0.05) is 17.7 Å². The SMILES string of the molecule is Cc1c(C(=O)N2CCN(C(=O)C34CC5CC(CC(C5)C3)C4)CC2)cnn1-c1cccc(Cl)c1. The van der Waals surface area contributed by atoms with Crippen molar-refractivity contribution in [2.45, 2.75) is 45.4 Å². The van der Waals surface area contributed by atoms with Crippen LogP contribution >= 0.6 is 11.6 Å². The maximum atomic E-state index is 13.6. The Morgan fingerprint density at radius 1 is 0.970 bits per heavy atom. The first-order chi connectivity index (χ1) is 15.9. The fourth-order valence-corrected chi connectivity index (χ4v) is 7.66. The maximum absolute atomic E-state index is 13.6. The minimum atomic E-state index is -0.102. The lowest BCUT2D eigenvalue weighted by Gasteiger charge is -2.57. The second-order valence-electron chi connectivity index (χ2n) is 10.8. The Morgan fingerprint density at radius 3 is 2.18 bits per heavy atom. The van der Waals surface area contributed by atoms with Gasteiger partial charge in [0.1, 0.15) is 0 Å². The number of rotatable bonds is 3. The highest BCUT2D eigenvalue weighted by molar-refractivity contribution is 6.30. The fraction of sp³-hybridized carbons (Fsp3) is 0.577. The molecule has 5 aliphatic rings. The zero-order valence-electron chi connectivity index (χ0n) is 19.2. The summed E-state index contributed by atoms with van der Waals surface area (Å²) < 4.78 is 1.76. The zero-order valence-corrected chi connectivity index (χ0v) is 19.9. The van der Waals surface area contributed by atoms with Gasteiger partial charge in [0.25, 0.3) is 5.91 Å². The molecule has 0 unspecified atom stereocenters. The number of nitrogens with zero attached hydrogens (tertiary/aromatic N) is 4. The monoisotopic (exact) mass is 466 g/mol. The summed E-state index contributed by atoms with van der Waals surface area (Å²) in [6.45, 7) is 4.34. The normalized spacial score (nSPS) is 30.7. The number of benzene rings is 1. The van der Waals surface area contributed by atoms with Gasteiger partial charge in [-0.3, -0.25) is 9.59 Å². The highest BCUT2D eigenvalue weighted by Crippen LogP contribution is 2.60. The van der Waals surface area contributed by atoms with Crippen LogP contribution in [0.25, 0.3) is 5.69 Å². The van der Waals surface area contributed by atoms with Crippen molar-refractivity contribution in [2.24, 2.45) is 23.2 Å². The van der Waals surface area contributed by atoms with Crippen molar-refractivity contribution in [1.82, 2.24) is 19.6 Å². The van der Waals surface area contributed by atoms with E-state index in [9.17, 15) is 9.59 Å². The van der Waals surface area contributed by atoms with Crippen molar-refractivity contribution in [2.75, 3.05) is 26.2 Å². The van der Waals surface area contributed by atoms with E-state index in [1.54, 1.807) is 10.9 Å². The average molecular weight is 467 g/mol. The first-order valence-electron chi connectivity index (χ1n) is 12.3. The molecule has 1 aromatic heterocycles. The summed E-state index contributed by atoms with van der Waals surface area (Å²) in [5.74, 6) is 2.66. The van der Waals surface area contributed by atoms with E-state index < -0.39 is 0 Å². The molecule has 4 bridgehead atoms. The summed E-state index contributed by atoms with van der Waals surface area (Å²) in [5, 5.41) is 5.07. The van der Waals surface area contributed by atoms with Gasteiger partial charge in [-0.2, -0.15) is 5.10 Å². The van der Waals surface area contributed by atoms with Gasteiger partial charge in [-0.25, -0.2) is 4.68 Å². The average Bonchev–Trinajstić information content (AvgIpc) is 3.18. The molecule has 0 atom stereocenters. The Labute approximate surface area is 199 Å². The summed E-state index contributed by atoms with van der Waals surface area (Å²) in [6.07, 6.45) is 8.97. The van der Waals surface area contributed by atoms with Crippen LogP contribution in [0.4, 0.5) is 0 Å². The molecular formula is C26H31ClN4O2. The van der Waals surface area contributed by atoms with Crippen molar-refractivity contribution in [3.05, 3.63) is 46.7 Å². The number of hydrogen-bond acceptors (Lipinski definition) is 3. The number of halogens is 1. The van der Waals surface area contributed by atoms with Gasteiger partial charge in [0.05, 0.1) is 28.6 Å². The Kier molecular flexibility index (Phi) is 5.05. The minimum Gasteiger partial charge on any atom is -0.339 e. The first kappa shape index (κ1) is 21.2. The van der Waals surface area contributed by atoms with Gasteiger partial charge >= 0.3 is 0 Å². The van der Waals surface area contributed by atoms with Gasteiger partial charge in [0.15, 0.2) is 0 Å². The van der Waals surface area contributed by atoms with Gasteiger partial charge < -0.3 is 9.80 Å². The molecule has 0 spiro atoms. The molecule has 174 valence electrons. The standard InChI is InChI=1S/C26H31ClN4O2/c1-17-23(16-28-31(17)22-4-2-3-21(27)12-22)24(32)29-5-7-30(8-6-29)25(33)26-13-18-9-19(14-26)11-20(10-18)15-26/h2-4,12,16,18-20H,5-11,13-15H2,1H3. The quantitative estimate of drug-likeness (QED) is 0.676. The predicted molar refractivity (Wildman–Crippen MR) is 126 cm³/mol. The molecule has 7 rings (SSSR count). The molecule has 1 aromatic carbocycles. The largest absolute Gasteiger partial charge is 0.339 e. The lowest BCUT2D eigenvalue weighted by molar-refractivity contribution is -0.159. The van der Waals surface area contributed by atoms with Crippen LogP contribution in [-0.2, 0) is 4.79 Å². The molecule has 0 N–H and O–H groups in total. The van der Waals surface area contributed by atoms with Gasteiger partial charge in [0, 0.05) is 31.2 Å². The van der Waals surface area contributed by atoms with Crippen molar-refractivity contribution in [3.8, 4) is 5.69 Å². The van der Waals surface area contributed by atoms with E-state index in [4.69, 9.17) is 11.6 Å². The maximum Gasteiger partial charge on any atom is 0.257 e. The summed E-state index contributed by atoms with van der Waals surface area (Å²) in [7, 11) is 0. The van der Waals surface area contributed by atoms with Crippen molar-refractivity contribution >= 4 is 23.4 Å². The Balaban J connectivity index is 1.13. The van der Waals surface area contributed by atoms with Crippen LogP contribution in [0.2, 0.25) is 5.02 Å². The Bertz CT molecular complexity index is 1070. The van der Waals surface area contributed by atoms with Gasteiger partial charge in [-0.05, 0) is 81.4 Å². The van der Waals surface area contributed by atoms with Crippen LogP contribution < -0.4 is 0 Å². The summed E-state index contributed by atoms with van der Waals surface area (Å²) >= 11 is 6.13. The van der Waals surface area contributed by atoms with E-state index in [0.717, 1.165) is 48.4 Å². The van der Waals surface area contributed by atoms with E-state index in [1.807, 2.05) is 36.1 Å². The molecule has 1 aliphatic heterocycles. The van der Waals surface area contributed by atoms with E-state index in [-0.39, 0.29) is 11.3 Å². The topological polar surface area (TPSA) is 58.4 Å². The lowest BCUT2D eigenvalue weighted by atomic mass is 9.49. The number of aromatic nitrogens is 2. The molecule has 33 heavy (non-hydrogen) atoms. The highest BCUT2D eigenvalue weighted by Gasteiger charge is 2.55. The highest BCUT2D eigenvalue weighted by atomic mass is 35.5. The molecule has 2 heterocycles. The Morgan fingerprint density at radius 2 is 1.58 bits per heavy atom. The predicted octanol–water partition coefficient (Wildman–Crippen LogP) is 4.33. The van der Waals surface area contributed by atoms with E-state index in [2.05, 4.69) is 10.00 Å². The van der Waals surface area contributed by atoms with Crippen molar-refractivity contribution < 1.29 is 9.59 Å². The fourth-order valence-electron chi connectivity index (χ4n) is 7.48. The summed E-state index contributed by atoms with van der Waals surface area (Å²) in [6, 6.07) is 7.46. The summed E-state index contributed by atoms with van der Waals surface area (Å²) in [4.78, 5) is 30.8. The third kappa shape index (κ3) is 3.58. The van der Waals surface area contributed by atoms with E-state index in [1.165, 1.54) is 19.3 Å². The van der Waals surface area contributed by atoms with E-state index in [0.29, 0.717) is 42.7 Å². The van der Waals surface area contributed by atoms with Gasteiger partial charge in [-0.15, -0.1) is 0 Å². The Hall–Kier alpha value is -2.34. The molecule has 2 aromatic rings. The number of carbonyl (C=O) groups excluding carboxylic acids is 2. The summed E-state index contributed by atoms with van der Waals surface area (Å²) in [5.41, 5.74) is 2.14. The second-order valence-corrected chi connectivity index (χ2v) is 11.3. The smallest absolute Gasteiger partial charge is 0.257 e. The number of hydrogen-bond donors (Lipinski definition) is 0. The number of piperazine rings is 1. The van der Waals surface area contributed by atoms with Crippen LogP contribution in [0.5, 0.6) is 0 Å². The number of carbonyl (C=O) groups is 2. The molecule has 4 aliphatic carbocycles. The van der Waals surface area contributed by atoms with Crippen molar-refractivity contribution in [3.63, 3.8) is 0 Å². The molecule has 5 fully saturated rings. The zero-order chi connectivity index (χ0) is 22.7. The first-order valence-corrected chi connectivity index (χ1v) is 12.7. The van der Waals surface area contributed by atoms with Crippen LogP contribution in [0.1, 0.15) is 54.6 Å². The van der Waals surface area contributed by atoms with Crippen LogP contribution in [-0.4, -0.2) is 57.6 Å². The number of amides is 2. The second kappa shape index (κ2) is 7.86. The van der Waals surface area contributed by atoms with Crippen LogP contribution in [0.3, 0.4) is 0 Å². The minimum absolute atomic E-state index is 0.0114. The lowest BCUT2D eigenvalue weighted by Crippen LogP contribution is -2.58. The molecular weight excluding hydrogens is 436 g/mol. The van der Waals surface area contributed by atoms with Crippen LogP contribution in [0, 0.1) is 30.1 Å². The molecule has 7 heteroatoms. The molecule has 1 saturated heterocycles. The molecule has 2 amide bonds. The third-order valence-electron chi connectivity index (χ3n) is 8.64. The van der Waals surface area contributed by atoms with Gasteiger partial charge in [0.2, 0.25) is 5.91 Å². The van der Waals surface area contributed by atoms with Crippen LogP contribution in [0.15, 0.2) is 30.5 Å². The van der Waals surface area contributed by atoms with Crippen molar-refractivity contribution in [1.29, 1.82) is 0 Å². The third-order valence-corrected chi connectivity index (χ3v) is 8.87. The van der Waals surface area contributed by atoms with E-state index >= 15 is 0 Å².